The topological polar surface area (TPSA) is 75.4 Å². The Morgan fingerprint density at radius 2 is 1.68 bits per heavy atom. The largest absolute Gasteiger partial charge is 0.507 e. The molecule has 0 bridgehead atoms. The van der Waals surface area contributed by atoms with Crippen LogP contribution in [-0.2, 0) is 10.8 Å². The fourth-order valence-corrected chi connectivity index (χ4v) is 3.40. The van der Waals surface area contributed by atoms with Gasteiger partial charge in [0, 0.05) is 17.6 Å². The van der Waals surface area contributed by atoms with Gasteiger partial charge in [0.1, 0.15) is 5.75 Å². The molecule has 0 heterocycles. The summed E-state index contributed by atoms with van der Waals surface area (Å²) in [5.41, 5.74) is 8.02. The molecule has 140 valence electrons. The first kappa shape index (κ1) is 19.8. The van der Waals surface area contributed by atoms with Gasteiger partial charge in [-0.05, 0) is 35.3 Å². The maximum Gasteiger partial charge on any atom is 0.255 e. The molecule has 25 heavy (non-hydrogen) atoms. The van der Waals surface area contributed by atoms with Crippen LogP contribution in [0.5, 0.6) is 5.75 Å². The number of amides is 1. The van der Waals surface area contributed by atoms with Crippen molar-refractivity contribution in [1.29, 1.82) is 0 Å². The Labute approximate surface area is 152 Å². The molecule has 4 heteroatoms. The van der Waals surface area contributed by atoms with Crippen molar-refractivity contribution in [3.63, 3.8) is 0 Å². The van der Waals surface area contributed by atoms with Crippen LogP contribution >= 0.6 is 0 Å². The SMILES string of the molecule is CC(C)(C)c1cc(C(=O)N[C@H]2CCCC[C@@H]2N)c(O)c(C(C)(C)C)c1. The van der Waals surface area contributed by atoms with Crippen molar-refractivity contribution in [3.8, 4) is 5.75 Å². The minimum atomic E-state index is -0.248. The molecule has 0 aromatic heterocycles. The van der Waals surface area contributed by atoms with Crippen LogP contribution in [-0.4, -0.2) is 23.1 Å². The molecule has 1 fully saturated rings. The molecular formula is C21H34N2O2. The number of phenolic OH excluding ortho intramolecular Hbond substituents is 1. The van der Waals surface area contributed by atoms with Crippen LogP contribution in [0.25, 0.3) is 0 Å². The molecule has 1 aromatic rings. The first-order chi connectivity index (χ1) is 11.4. The third kappa shape index (κ3) is 4.55. The summed E-state index contributed by atoms with van der Waals surface area (Å²) < 4.78 is 0. The lowest BCUT2D eigenvalue weighted by Crippen LogP contribution is -2.49. The smallest absolute Gasteiger partial charge is 0.255 e. The van der Waals surface area contributed by atoms with E-state index in [2.05, 4.69) is 26.1 Å². The summed E-state index contributed by atoms with van der Waals surface area (Å²) in [5, 5.41) is 13.8. The first-order valence-electron chi connectivity index (χ1n) is 9.35. The van der Waals surface area contributed by atoms with Crippen LogP contribution in [0.15, 0.2) is 12.1 Å². The summed E-state index contributed by atoms with van der Waals surface area (Å²) >= 11 is 0. The van der Waals surface area contributed by atoms with E-state index in [0.717, 1.165) is 36.8 Å². The highest BCUT2D eigenvalue weighted by Gasteiger charge is 2.29. The Balaban J connectivity index is 2.43. The van der Waals surface area contributed by atoms with Crippen molar-refractivity contribution >= 4 is 5.91 Å². The Morgan fingerprint density at radius 1 is 1.08 bits per heavy atom. The van der Waals surface area contributed by atoms with Crippen molar-refractivity contribution in [3.05, 3.63) is 28.8 Å². The number of rotatable bonds is 2. The molecule has 2 atom stereocenters. The van der Waals surface area contributed by atoms with Gasteiger partial charge in [0.05, 0.1) is 5.56 Å². The van der Waals surface area contributed by atoms with Crippen LogP contribution < -0.4 is 11.1 Å². The summed E-state index contributed by atoms with van der Waals surface area (Å²) in [6.07, 6.45) is 4.04. The number of carbonyl (C=O) groups excluding carboxylic acids is 1. The van der Waals surface area contributed by atoms with Crippen molar-refractivity contribution < 1.29 is 9.90 Å². The monoisotopic (exact) mass is 346 g/mol. The maximum atomic E-state index is 12.9. The highest BCUT2D eigenvalue weighted by Crippen LogP contribution is 2.37. The summed E-state index contributed by atoms with van der Waals surface area (Å²) in [7, 11) is 0. The Bertz CT molecular complexity index is 639. The predicted molar refractivity (Wildman–Crippen MR) is 103 cm³/mol. The van der Waals surface area contributed by atoms with Crippen LogP contribution in [0.2, 0.25) is 0 Å². The first-order valence-corrected chi connectivity index (χ1v) is 9.35. The summed E-state index contributed by atoms with van der Waals surface area (Å²) in [6.45, 7) is 12.5. The Hall–Kier alpha value is -1.55. The number of carbonyl (C=O) groups is 1. The van der Waals surface area contributed by atoms with Crippen LogP contribution in [0, 0.1) is 0 Å². The third-order valence-electron chi connectivity index (χ3n) is 5.16. The molecule has 0 spiro atoms. The quantitative estimate of drug-likeness (QED) is 0.758. The molecule has 0 unspecified atom stereocenters. The normalized spacial score (nSPS) is 21.9. The fraction of sp³-hybridized carbons (Fsp3) is 0.667. The van der Waals surface area contributed by atoms with E-state index in [4.69, 9.17) is 5.73 Å². The van der Waals surface area contributed by atoms with E-state index in [9.17, 15) is 9.90 Å². The van der Waals surface area contributed by atoms with Crippen LogP contribution in [0.4, 0.5) is 0 Å². The summed E-state index contributed by atoms with van der Waals surface area (Å²) in [4.78, 5) is 12.9. The van der Waals surface area contributed by atoms with E-state index in [1.54, 1.807) is 0 Å². The maximum absolute atomic E-state index is 12.9. The van der Waals surface area contributed by atoms with Gasteiger partial charge in [-0.15, -0.1) is 0 Å². The third-order valence-corrected chi connectivity index (χ3v) is 5.16. The molecule has 0 saturated heterocycles. The summed E-state index contributed by atoms with van der Waals surface area (Å²) in [6, 6.07) is 3.83. The van der Waals surface area contributed by atoms with Gasteiger partial charge in [-0.3, -0.25) is 4.79 Å². The highest BCUT2D eigenvalue weighted by atomic mass is 16.3. The van der Waals surface area contributed by atoms with Gasteiger partial charge in [0.2, 0.25) is 0 Å². The minimum absolute atomic E-state index is 0.00673. The number of nitrogens with two attached hydrogens (primary N) is 1. The zero-order valence-corrected chi connectivity index (χ0v) is 16.6. The van der Waals surface area contributed by atoms with E-state index in [-0.39, 0.29) is 34.6 Å². The zero-order valence-electron chi connectivity index (χ0n) is 16.6. The zero-order chi connectivity index (χ0) is 19.0. The minimum Gasteiger partial charge on any atom is -0.507 e. The molecule has 1 saturated carbocycles. The average Bonchev–Trinajstić information content (AvgIpc) is 2.47. The van der Waals surface area contributed by atoms with Crippen molar-refractivity contribution in [2.75, 3.05) is 0 Å². The van der Waals surface area contributed by atoms with E-state index < -0.39 is 0 Å². The van der Waals surface area contributed by atoms with E-state index >= 15 is 0 Å². The number of aromatic hydroxyl groups is 1. The Kier molecular flexibility index (Phi) is 5.53. The molecule has 0 aliphatic heterocycles. The van der Waals surface area contributed by atoms with Crippen LogP contribution in [0.3, 0.4) is 0 Å². The second-order valence-electron chi connectivity index (χ2n) is 9.45. The van der Waals surface area contributed by atoms with Crippen molar-refractivity contribution in [2.45, 2.75) is 90.1 Å². The highest BCUT2D eigenvalue weighted by molar-refractivity contribution is 5.98. The molecule has 1 amide bonds. The number of phenols is 1. The second kappa shape index (κ2) is 6.99. The Morgan fingerprint density at radius 3 is 2.20 bits per heavy atom. The van der Waals surface area contributed by atoms with Crippen molar-refractivity contribution in [1.82, 2.24) is 5.32 Å². The lowest BCUT2D eigenvalue weighted by atomic mass is 9.78. The predicted octanol–water partition coefficient (Wildman–Crippen LogP) is 3.99. The van der Waals surface area contributed by atoms with Crippen LogP contribution in [0.1, 0.15) is 88.7 Å². The fourth-order valence-electron chi connectivity index (χ4n) is 3.40. The molecular weight excluding hydrogens is 312 g/mol. The van der Waals surface area contributed by atoms with Gasteiger partial charge in [-0.1, -0.05) is 60.5 Å². The van der Waals surface area contributed by atoms with Gasteiger partial charge in [-0.2, -0.15) is 0 Å². The molecule has 4 N–H and O–H groups in total. The number of nitrogens with one attached hydrogen (secondary N) is 1. The lowest BCUT2D eigenvalue weighted by Gasteiger charge is -2.30. The number of hydrogen-bond donors (Lipinski definition) is 3. The molecule has 1 aliphatic rings. The van der Waals surface area contributed by atoms with Gasteiger partial charge in [0.15, 0.2) is 0 Å². The van der Waals surface area contributed by atoms with Gasteiger partial charge < -0.3 is 16.2 Å². The second-order valence-corrected chi connectivity index (χ2v) is 9.45. The van der Waals surface area contributed by atoms with E-state index in [1.165, 1.54) is 0 Å². The molecule has 0 radical (unpaired) electrons. The average molecular weight is 347 g/mol. The molecule has 1 aliphatic carbocycles. The number of benzene rings is 1. The van der Waals surface area contributed by atoms with Gasteiger partial charge in [0.25, 0.3) is 5.91 Å². The summed E-state index contributed by atoms with van der Waals surface area (Å²) in [5.74, 6) is -0.140. The number of hydrogen-bond acceptors (Lipinski definition) is 3. The van der Waals surface area contributed by atoms with Gasteiger partial charge in [-0.25, -0.2) is 0 Å². The van der Waals surface area contributed by atoms with E-state index in [1.807, 2.05) is 32.9 Å². The standard InChI is InChI=1S/C21H34N2O2/c1-20(2,3)13-11-14(18(24)15(12-13)21(4,5)6)19(25)23-17-10-8-7-9-16(17)22/h11-12,16-17,24H,7-10,22H2,1-6H3,(H,23,25)/t16-,17-/m0/s1. The lowest BCUT2D eigenvalue weighted by molar-refractivity contribution is 0.0918. The van der Waals surface area contributed by atoms with Gasteiger partial charge >= 0.3 is 0 Å². The van der Waals surface area contributed by atoms with E-state index in [0.29, 0.717) is 5.56 Å². The molecule has 2 rings (SSSR count). The molecule has 4 nitrogen and oxygen atoms in total. The molecule has 1 aromatic carbocycles. The van der Waals surface area contributed by atoms with Crippen molar-refractivity contribution in [2.24, 2.45) is 5.73 Å².